The Balaban J connectivity index is 1.96. The van der Waals surface area contributed by atoms with Gasteiger partial charge in [-0.2, -0.15) is 0 Å². The molecule has 11 heteroatoms. The number of unbranched alkanes of at least 4 members (excludes halogenated alkanes) is 33. The monoisotopic (exact) mass is 1170 g/mol. The number of hydrogen-bond donors (Lipinski definition) is 6. The van der Waals surface area contributed by atoms with Crippen molar-refractivity contribution < 1.29 is 49.3 Å². The zero-order valence-corrected chi connectivity index (χ0v) is 53.1. The number of carbonyl (C=O) groups excluding carboxylic acids is 2. The Hall–Kier alpha value is -3.16. The van der Waals surface area contributed by atoms with Gasteiger partial charge in [-0.1, -0.05) is 253 Å². The molecule has 0 bridgehead atoms. The Morgan fingerprint density at radius 2 is 0.855 bits per heavy atom. The van der Waals surface area contributed by atoms with Crippen LogP contribution in [0, 0.1) is 0 Å². The van der Waals surface area contributed by atoms with E-state index < -0.39 is 49.5 Å². The molecule has 11 nitrogen and oxygen atoms in total. The molecule has 480 valence electrons. The Morgan fingerprint density at radius 3 is 1.31 bits per heavy atom. The van der Waals surface area contributed by atoms with Crippen molar-refractivity contribution in [2.24, 2.45) is 0 Å². The van der Waals surface area contributed by atoms with Crippen LogP contribution in [-0.4, -0.2) is 100 Å². The molecule has 1 saturated heterocycles. The average molecular weight is 1170 g/mol. The van der Waals surface area contributed by atoms with E-state index in [9.17, 15) is 35.1 Å². The van der Waals surface area contributed by atoms with Crippen LogP contribution in [0.2, 0.25) is 0 Å². The van der Waals surface area contributed by atoms with Gasteiger partial charge in [0.25, 0.3) is 0 Å². The van der Waals surface area contributed by atoms with Gasteiger partial charge in [-0.3, -0.25) is 9.59 Å². The third kappa shape index (κ3) is 49.6. The summed E-state index contributed by atoms with van der Waals surface area (Å²) in [5.74, 6) is -0.212. The van der Waals surface area contributed by atoms with Gasteiger partial charge in [0, 0.05) is 12.8 Å². The lowest BCUT2D eigenvalue weighted by Gasteiger charge is -2.40. The summed E-state index contributed by atoms with van der Waals surface area (Å²) in [5.41, 5.74) is 0. The van der Waals surface area contributed by atoms with Gasteiger partial charge in [-0.25, -0.2) is 0 Å². The van der Waals surface area contributed by atoms with Crippen molar-refractivity contribution in [1.29, 1.82) is 0 Å². The van der Waals surface area contributed by atoms with E-state index in [4.69, 9.17) is 14.2 Å². The number of rotatable bonds is 59. The minimum Gasteiger partial charge on any atom is -0.466 e. The summed E-state index contributed by atoms with van der Waals surface area (Å²) in [7, 11) is 0. The summed E-state index contributed by atoms with van der Waals surface area (Å²) in [4.78, 5) is 25.1. The number of esters is 1. The van der Waals surface area contributed by atoms with E-state index >= 15 is 0 Å². The Morgan fingerprint density at radius 1 is 0.458 bits per heavy atom. The van der Waals surface area contributed by atoms with Crippen molar-refractivity contribution in [3.8, 4) is 0 Å². The minimum atomic E-state index is -1.58. The normalized spacial score (nSPS) is 18.7. The molecule has 1 fully saturated rings. The van der Waals surface area contributed by atoms with Crippen LogP contribution in [0.25, 0.3) is 0 Å². The van der Waals surface area contributed by atoms with E-state index in [1.54, 1.807) is 6.08 Å². The molecule has 6 N–H and O–H groups in total. The first-order valence-corrected chi connectivity index (χ1v) is 34.4. The van der Waals surface area contributed by atoms with Crippen LogP contribution in [0.3, 0.4) is 0 Å². The quantitative estimate of drug-likeness (QED) is 0.0195. The third-order valence-corrected chi connectivity index (χ3v) is 15.7. The number of amides is 1. The average Bonchev–Trinajstić information content (AvgIpc) is 3.69. The van der Waals surface area contributed by atoms with Crippen LogP contribution >= 0.6 is 0 Å². The topological polar surface area (TPSA) is 175 Å². The highest BCUT2D eigenvalue weighted by molar-refractivity contribution is 5.76. The fourth-order valence-electron chi connectivity index (χ4n) is 10.3. The van der Waals surface area contributed by atoms with Crippen LogP contribution in [0.4, 0.5) is 0 Å². The number of ether oxygens (including phenoxy) is 3. The summed E-state index contributed by atoms with van der Waals surface area (Å²) in [6.45, 7) is 4.18. The van der Waals surface area contributed by atoms with Gasteiger partial charge < -0.3 is 45.1 Å². The summed E-state index contributed by atoms with van der Waals surface area (Å²) < 4.78 is 16.7. The molecule has 1 aliphatic heterocycles. The van der Waals surface area contributed by atoms with E-state index in [1.807, 2.05) is 6.08 Å². The Bertz CT molecular complexity index is 1650. The van der Waals surface area contributed by atoms with Gasteiger partial charge >= 0.3 is 5.97 Å². The van der Waals surface area contributed by atoms with Gasteiger partial charge in [0.05, 0.1) is 32.0 Å². The lowest BCUT2D eigenvalue weighted by molar-refractivity contribution is -0.302. The molecule has 0 saturated carbocycles. The van der Waals surface area contributed by atoms with Crippen molar-refractivity contribution >= 4 is 11.9 Å². The molecular weight excluding hydrogens is 1040 g/mol. The first kappa shape index (κ1) is 77.9. The molecule has 83 heavy (non-hydrogen) atoms. The number of allylic oxidation sites excluding steroid dienone is 13. The highest BCUT2D eigenvalue weighted by atomic mass is 16.7. The molecule has 0 aliphatic carbocycles. The second kappa shape index (κ2) is 60.5. The molecule has 0 aromatic rings. The van der Waals surface area contributed by atoms with Crippen LogP contribution in [0.15, 0.2) is 85.1 Å². The summed E-state index contributed by atoms with van der Waals surface area (Å²) in [6.07, 6.45) is 73.0. The molecule has 1 aliphatic rings. The SMILES string of the molecule is CC/C=C/CC/C=C/CC/C=C/C(O)C(COC1OC(CO)C(O)C(O)C1O)NC(=O)CCCCCCCCCCCCCCC/C=C\C/C=C\CCCCCCCCCCCOC(=O)CCCCCCC/C=C\C/C=C\CCCCCC. The van der Waals surface area contributed by atoms with Gasteiger partial charge in [0.2, 0.25) is 5.91 Å². The van der Waals surface area contributed by atoms with Crippen LogP contribution in [-0.2, 0) is 23.8 Å². The molecule has 0 aromatic carbocycles. The number of carbonyl (C=O) groups is 2. The molecule has 0 spiro atoms. The van der Waals surface area contributed by atoms with Crippen LogP contribution in [0.1, 0.15) is 296 Å². The zero-order valence-electron chi connectivity index (χ0n) is 53.1. The Labute approximate surface area is 508 Å². The second-order valence-electron chi connectivity index (χ2n) is 23.5. The predicted octanol–water partition coefficient (Wildman–Crippen LogP) is 17.3. The number of aliphatic hydroxyl groups is 5. The molecular formula is C72H127NO10. The van der Waals surface area contributed by atoms with Gasteiger partial charge in [-0.15, -0.1) is 0 Å². The van der Waals surface area contributed by atoms with Gasteiger partial charge in [0.15, 0.2) is 6.29 Å². The molecule has 1 rings (SSSR count). The maximum atomic E-state index is 13.0. The van der Waals surface area contributed by atoms with Crippen molar-refractivity contribution in [3.05, 3.63) is 85.1 Å². The van der Waals surface area contributed by atoms with Crippen LogP contribution < -0.4 is 5.32 Å². The summed E-state index contributed by atoms with van der Waals surface area (Å²) >= 11 is 0. The Kier molecular flexibility index (Phi) is 56.8. The molecule has 7 unspecified atom stereocenters. The predicted molar refractivity (Wildman–Crippen MR) is 347 cm³/mol. The van der Waals surface area contributed by atoms with Crippen molar-refractivity contribution in [1.82, 2.24) is 5.32 Å². The molecule has 1 heterocycles. The highest BCUT2D eigenvalue weighted by Gasteiger charge is 2.44. The molecule has 0 radical (unpaired) electrons. The summed E-state index contributed by atoms with van der Waals surface area (Å²) in [5, 5.41) is 54.3. The summed E-state index contributed by atoms with van der Waals surface area (Å²) in [6, 6.07) is -0.836. The second-order valence-corrected chi connectivity index (χ2v) is 23.5. The van der Waals surface area contributed by atoms with Gasteiger partial charge in [0.1, 0.15) is 24.4 Å². The molecule has 0 aromatic heterocycles. The van der Waals surface area contributed by atoms with Gasteiger partial charge in [-0.05, 0) is 116 Å². The smallest absolute Gasteiger partial charge is 0.305 e. The number of nitrogens with one attached hydrogen (secondary N) is 1. The number of hydrogen-bond acceptors (Lipinski definition) is 10. The first-order valence-electron chi connectivity index (χ1n) is 34.4. The fourth-order valence-corrected chi connectivity index (χ4v) is 10.3. The third-order valence-electron chi connectivity index (χ3n) is 15.7. The molecule has 1 amide bonds. The highest BCUT2D eigenvalue weighted by Crippen LogP contribution is 2.23. The standard InChI is InChI=1S/C72H127NO10/c1-3-5-7-9-11-13-15-16-17-34-37-40-44-48-52-56-60-68(77)81-61-57-53-49-45-41-38-35-32-30-28-26-24-22-20-18-19-21-23-25-27-29-31-33-36-39-43-47-51-55-59-67(76)73-64(63-82-72-71(80)70(79)69(78)66(62-74)83-72)65(75)58-54-50-46-42-14-12-10-8-6-4-2/h6,8,13-15,17-18,20,24,26,34,42,54,58,64-66,69-72,74-75,78-80H,3-5,7,9-12,16,19,21-23,25,27-33,35-41,43-53,55-57,59-63H2,1-2H3,(H,73,76)/b8-6+,15-13-,20-18-,26-24-,34-17-,42-14+,58-54+. The fraction of sp³-hybridized carbons (Fsp3) is 0.778. The van der Waals surface area contributed by atoms with Crippen molar-refractivity contribution in [3.63, 3.8) is 0 Å². The van der Waals surface area contributed by atoms with E-state index in [0.717, 1.165) is 89.9 Å². The lowest BCUT2D eigenvalue weighted by Crippen LogP contribution is -2.60. The largest absolute Gasteiger partial charge is 0.466 e. The van der Waals surface area contributed by atoms with E-state index in [2.05, 4.69) is 92.1 Å². The zero-order chi connectivity index (χ0) is 60.2. The molecule has 7 atom stereocenters. The minimum absolute atomic E-state index is 0.0115. The van der Waals surface area contributed by atoms with E-state index in [0.29, 0.717) is 19.4 Å². The number of aliphatic hydroxyl groups excluding tert-OH is 5. The maximum Gasteiger partial charge on any atom is 0.305 e. The lowest BCUT2D eigenvalue weighted by atomic mass is 9.99. The van der Waals surface area contributed by atoms with E-state index in [1.165, 1.54) is 180 Å². The van der Waals surface area contributed by atoms with E-state index in [-0.39, 0.29) is 18.5 Å². The maximum absolute atomic E-state index is 13.0. The van der Waals surface area contributed by atoms with Crippen molar-refractivity contribution in [2.45, 2.75) is 339 Å². The van der Waals surface area contributed by atoms with Crippen LogP contribution in [0.5, 0.6) is 0 Å². The first-order chi connectivity index (χ1) is 40.7. The van der Waals surface area contributed by atoms with Crippen molar-refractivity contribution in [2.75, 3.05) is 19.8 Å².